The Bertz CT molecular complexity index is 616. The van der Waals surface area contributed by atoms with Gasteiger partial charge in [0.05, 0.1) is 11.2 Å². The Kier molecular flexibility index (Phi) is 3.36. The van der Waals surface area contributed by atoms with Gasteiger partial charge < -0.3 is 11.1 Å². The van der Waals surface area contributed by atoms with E-state index >= 15 is 0 Å². The number of nitrogens with one attached hydrogen (secondary N) is 1. The number of benzene rings is 1. The standard InChI is InChI=1S/C16H19N3/c17-14-7-3-6-13-15(9-11-19-16(13)14)18-10-8-12-4-1-2-5-12/h3-4,6-7,9,11H,1-2,5,8,10,17H2,(H,18,19). The fraction of sp³-hybridized carbons (Fsp3) is 0.312. The number of para-hydroxylation sites is 1. The second-order valence-corrected chi connectivity index (χ2v) is 5.03. The van der Waals surface area contributed by atoms with Crippen LogP contribution in [-0.4, -0.2) is 11.5 Å². The summed E-state index contributed by atoms with van der Waals surface area (Å²) in [5, 5.41) is 4.61. The lowest BCUT2D eigenvalue weighted by Crippen LogP contribution is -2.03. The van der Waals surface area contributed by atoms with Crippen LogP contribution < -0.4 is 11.1 Å². The van der Waals surface area contributed by atoms with Gasteiger partial charge in [-0.05, 0) is 37.8 Å². The number of allylic oxidation sites excluding steroid dienone is 1. The molecule has 0 saturated carbocycles. The summed E-state index contributed by atoms with van der Waals surface area (Å²) < 4.78 is 0. The van der Waals surface area contributed by atoms with E-state index in [2.05, 4.69) is 22.4 Å². The molecule has 0 spiro atoms. The summed E-state index contributed by atoms with van der Waals surface area (Å²) in [7, 11) is 0. The molecular weight excluding hydrogens is 234 g/mol. The van der Waals surface area contributed by atoms with E-state index < -0.39 is 0 Å². The van der Waals surface area contributed by atoms with Gasteiger partial charge in [-0.2, -0.15) is 0 Å². The lowest BCUT2D eigenvalue weighted by Gasteiger charge is -2.10. The summed E-state index contributed by atoms with van der Waals surface area (Å²) in [5.74, 6) is 0. The van der Waals surface area contributed by atoms with Gasteiger partial charge in [0, 0.05) is 23.8 Å². The van der Waals surface area contributed by atoms with E-state index in [0.717, 1.165) is 35.2 Å². The molecule has 0 radical (unpaired) electrons. The maximum absolute atomic E-state index is 5.95. The molecule has 0 aliphatic heterocycles. The predicted molar refractivity (Wildman–Crippen MR) is 81.2 cm³/mol. The summed E-state index contributed by atoms with van der Waals surface area (Å²) in [6.45, 7) is 0.972. The van der Waals surface area contributed by atoms with E-state index in [-0.39, 0.29) is 0 Å². The minimum atomic E-state index is 0.736. The first-order valence-corrected chi connectivity index (χ1v) is 6.89. The Labute approximate surface area is 113 Å². The van der Waals surface area contributed by atoms with Crippen LogP contribution in [0.25, 0.3) is 10.9 Å². The molecule has 1 aromatic heterocycles. The van der Waals surface area contributed by atoms with Gasteiger partial charge in [-0.25, -0.2) is 0 Å². The maximum atomic E-state index is 5.95. The number of pyridine rings is 1. The largest absolute Gasteiger partial charge is 0.397 e. The predicted octanol–water partition coefficient (Wildman–Crippen LogP) is 3.73. The van der Waals surface area contributed by atoms with Crippen molar-refractivity contribution in [3.63, 3.8) is 0 Å². The van der Waals surface area contributed by atoms with Gasteiger partial charge in [0.25, 0.3) is 0 Å². The summed E-state index contributed by atoms with van der Waals surface area (Å²) in [6.07, 6.45) is 9.17. The van der Waals surface area contributed by atoms with Crippen molar-refractivity contribution in [3.05, 3.63) is 42.1 Å². The first-order valence-electron chi connectivity index (χ1n) is 6.89. The zero-order valence-electron chi connectivity index (χ0n) is 11.0. The second-order valence-electron chi connectivity index (χ2n) is 5.03. The molecule has 19 heavy (non-hydrogen) atoms. The fourth-order valence-electron chi connectivity index (χ4n) is 2.68. The quantitative estimate of drug-likeness (QED) is 0.645. The molecule has 0 fully saturated rings. The van der Waals surface area contributed by atoms with Crippen LogP contribution in [0.5, 0.6) is 0 Å². The van der Waals surface area contributed by atoms with Gasteiger partial charge in [0.2, 0.25) is 0 Å². The molecule has 0 amide bonds. The molecule has 0 saturated heterocycles. The zero-order chi connectivity index (χ0) is 13.1. The monoisotopic (exact) mass is 253 g/mol. The van der Waals surface area contributed by atoms with E-state index in [1.54, 1.807) is 5.57 Å². The Balaban J connectivity index is 1.75. The second kappa shape index (κ2) is 5.31. The highest BCUT2D eigenvalue weighted by molar-refractivity contribution is 5.97. The average Bonchev–Trinajstić information content (AvgIpc) is 2.93. The molecule has 3 rings (SSSR count). The van der Waals surface area contributed by atoms with Crippen LogP contribution in [0.15, 0.2) is 42.1 Å². The third-order valence-corrected chi connectivity index (χ3v) is 3.70. The van der Waals surface area contributed by atoms with E-state index in [0.29, 0.717) is 0 Å². The van der Waals surface area contributed by atoms with Gasteiger partial charge in [0.15, 0.2) is 0 Å². The number of rotatable bonds is 4. The van der Waals surface area contributed by atoms with Gasteiger partial charge in [0.1, 0.15) is 0 Å². The number of nitrogen functional groups attached to an aromatic ring is 1. The topological polar surface area (TPSA) is 50.9 Å². The Morgan fingerprint density at radius 1 is 1.26 bits per heavy atom. The Morgan fingerprint density at radius 3 is 3.05 bits per heavy atom. The van der Waals surface area contributed by atoms with Crippen molar-refractivity contribution >= 4 is 22.3 Å². The number of anilines is 2. The lowest BCUT2D eigenvalue weighted by atomic mass is 10.1. The molecule has 1 heterocycles. The van der Waals surface area contributed by atoms with Crippen molar-refractivity contribution < 1.29 is 0 Å². The highest BCUT2D eigenvalue weighted by Crippen LogP contribution is 2.26. The molecule has 0 unspecified atom stereocenters. The molecule has 1 aliphatic carbocycles. The first kappa shape index (κ1) is 12.0. The molecule has 3 heteroatoms. The highest BCUT2D eigenvalue weighted by Gasteiger charge is 2.06. The molecule has 1 aromatic carbocycles. The van der Waals surface area contributed by atoms with Crippen molar-refractivity contribution in [1.29, 1.82) is 0 Å². The smallest absolute Gasteiger partial charge is 0.0951 e. The van der Waals surface area contributed by atoms with E-state index in [4.69, 9.17) is 5.73 Å². The van der Waals surface area contributed by atoms with Crippen LogP contribution in [0.3, 0.4) is 0 Å². The van der Waals surface area contributed by atoms with Crippen LogP contribution in [0.2, 0.25) is 0 Å². The molecule has 0 bridgehead atoms. The normalized spacial score (nSPS) is 14.6. The molecule has 0 atom stereocenters. The average molecular weight is 253 g/mol. The van der Waals surface area contributed by atoms with E-state index in [1.807, 2.05) is 24.4 Å². The fourth-order valence-corrected chi connectivity index (χ4v) is 2.68. The van der Waals surface area contributed by atoms with Crippen LogP contribution in [0.1, 0.15) is 25.7 Å². The number of hydrogen-bond acceptors (Lipinski definition) is 3. The molecule has 3 N–H and O–H groups in total. The first-order chi connectivity index (χ1) is 9.34. The number of aromatic nitrogens is 1. The van der Waals surface area contributed by atoms with Crippen molar-refractivity contribution in [3.8, 4) is 0 Å². The van der Waals surface area contributed by atoms with Crippen molar-refractivity contribution in [2.24, 2.45) is 0 Å². The lowest BCUT2D eigenvalue weighted by molar-refractivity contribution is 0.863. The Hall–Kier alpha value is -2.03. The molecule has 3 nitrogen and oxygen atoms in total. The van der Waals surface area contributed by atoms with E-state index in [9.17, 15) is 0 Å². The van der Waals surface area contributed by atoms with Crippen molar-refractivity contribution in [1.82, 2.24) is 4.98 Å². The number of nitrogens with two attached hydrogens (primary N) is 1. The molecule has 2 aromatic rings. The third kappa shape index (κ3) is 2.55. The molecule has 1 aliphatic rings. The van der Waals surface area contributed by atoms with Crippen molar-refractivity contribution in [2.75, 3.05) is 17.6 Å². The molecular formula is C16H19N3. The highest BCUT2D eigenvalue weighted by atomic mass is 14.9. The van der Waals surface area contributed by atoms with Crippen LogP contribution in [0, 0.1) is 0 Å². The summed E-state index contributed by atoms with van der Waals surface area (Å²) in [4.78, 5) is 4.35. The third-order valence-electron chi connectivity index (χ3n) is 3.70. The minimum Gasteiger partial charge on any atom is -0.397 e. The minimum absolute atomic E-state index is 0.736. The summed E-state index contributed by atoms with van der Waals surface area (Å²) in [5.41, 5.74) is 10.3. The molecule has 98 valence electrons. The SMILES string of the molecule is Nc1cccc2c(NCCC3=CCCC3)ccnc12. The maximum Gasteiger partial charge on any atom is 0.0951 e. The van der Waals surface area contributed by atoms with Gasteiger partial charge in [-0.15, -0.1) is 0 Å². The van der Waals surface area contributed by atoms with Crippen molar-refractivity contribution in [2.45, 2.75) is 25.7 Å². The number of nitrogens with zero attached hydrogens (tertiary/aromatic N) is 1. The van der Waals surface area contributed by atoms with Crippen LogP contribution in [0.4, 0.5) is 11.4 Å². The van der Waals surface area contributed by atoms with Crippen LogP contribution in [-0.2, 0) is 0 Å². The number of fused-ring (bicyclic) bond motifs is 1. The number of hydrogen-bond donors (Lipinski definition) is 2. The Morgan fingerprint density at radius 2 is 2.21 bits per heavy atom. The zero-order valence-corrected chi connectivity index (χ0v) is 11.0. The van der Waals surface area contributed by atoms with Crippen LogP contribution >= 0.6 is 0 Å². The van der Waals surface area contributed by atoms with Gasteiger partial charge in [-0.3, -0.25) is 4.98 Å². The van der Waals surface area contributed by atoms with Gasteiger partial charge in [-0.1, -0.05) is 23.8 Å². The summed E-state index contributed by atoms with van der Waals surface area (Å²) >= 11 is 0. The van der Waals surface area contributed by atoms with E-state index in [1.165, 1.54) is 19.3 Å². The van der Waals surface area contributed by atoms with Gasteiger partial charge >= 0.3 is 0 Å². The summed E-state index contributed by atoms with van der Waals surface area (Å²) in [6, 6.07) is 7.95.